The van der Waals surface area contributed by atoms with Gasteiger partial charge in [-0.2, -0.15) is 0 Å². The fraction of sp³-hybridized carbons (Fsp3) is 0.200. The van der Waals surface area contributed by atoms with Crippen molar-refractivity contribution in [2.75, 3.05) is 11.8 Å². The van der Waals surface area contributed by atoms with Crippen molar-refractivity contribution in [1.29, 1.82) is 0 Å². The number of anilines is 1. The van der Waals surface area contributed by atoms with E-state index in [-0.39, 0.29) is 17.0 Å². The first-order chi connectivity index (χ1) is 7.91. The van der Waals surface area contributed by atoms with Gasteiger partial charge in [0, 0.05) is 0 Å². The summed E-state index contributed by atoms with van der Waals surface area (Å²) in [7, 11) is 0. The van der Waals surface area contributed by atoms with Crippen molar-refractivity contribution in [2.24, 2.45) is 0 Å². The lowest BCUT2D eigenvalue weighted by molar-refractivity contribution is -0.139. The highest BCUT2D eigenvalue weighted by atomic mass is 16.8. The molecule has 0 spiro atoms. The SMILES string of the molecule is CC(=O)c1cc(N([O-])O)ccc1OCC(=O)O. The molecule has 17 heavy (non-hydrogen) atoms. The lowest BCUT2D eigenvalue weighted by atomic mass is 10.1. The number of hydrogen-bond donors (Lipinski definition) is 2. The Morgan fingerprint density at radius 2 is 2.12 bits per heavy atom. The zero-order chi connectivity index (χ0) is 13.0. The van der Waals surface area contributed by atoms with Crippen LogP contribution < -0.4 is 9.96 Å². The molecule has 2 N–H and O–H groups in total. The van der Waals surface area contributed by atoms with Crippen LogP contribution in [0.4, 0.5) is 5.69 Å². The van der Waals surface area contributed by atoms with Crippen molar-refractivity contribution in [3.63, 3.8) is 0 Å². The summed E-state index contributed by atoms with van der Waals surface area (Å²) in [5, 5.41) is 27.3. The molecule has 1 rings (SSSR count). The first kappa shape index (κ1) is 12.9. The number of carbonyl (C=O) groups is 2. The second-order valence-corrected chi connectivity index (χ2v) is 3.19. The van der Waals surface area contributed by atoms with Crippen LogP contribution in [0.3, 0.4) is 0 Å². The largest absolute Gasteiger partial charge is 0.733 e. The molecule has 92 valence electrons. The van der Waals surface area contributed by atoms with E-state index >= 15 is 0 Å². The molecule has 0 atom stereocenters. The van der Waals surface area contributed by atoms with Gasteiger partial charge in [-0.15, -0.1) is 0 Å². The van der Waals surface area contributed by atoms with E-state index < -0.39 is 23.6 Å². The topological polar surface area (TPSA) is 110 Å². The van der Waals surface area contributed by atoms with Crippen LogP contribution in [0.2, 0.25) is 0 Å². The fourth-order valence-corrected chi connectivity index (χ4v) is 1.18. The molecule has 7 heteroatoms. The summed E-state index contributed by atoms with van der Waals surface area (Å²) in [4.78, 5) is 21.6. The Bertz CT molecular complexity index is 442. The number of ketones is 1. The smallest absolute Gasteiger partial charge is 0.341 e. The molecule has 1 aromatic rings. The van der Waals surface area contributed by atoms with Gasteiger partial charge in [-0.05, 0) is 25.1 Å². The van der Waals surface area contributed by atoms with E-state index in [1.807, 2.05) is 0 Å². The van der Waals surface area contributed by atoms with Crippen molar-refractivity contribution in [1.82, 2.24) is 0 Å². The molecule has 7 nitrogen and oxygen atoms in total. The van der Waals surface area contributed by atoms with Crippen LogP contribution in [-0.2, 0) is 4.79 Å². The molecule has 0 aromatic heterocycles. The minimum Gasteiger partial charge on any atom is -0.733 e. The van der Waals surface area contributed by atoms with Gasteiger partial charge in [-0.1, -0.05) is 0 Å². The average Bonchev–Trinajstić information content (AvgIpc) is 2.25. The Morgan fingerprint density at radius 3 is 2.59 bits per heavy atom. The number of benzene rings is 1. The number of hydrogen-bond acceptors (Lipinski definition) is 6. The van der Waals surface area contributed by atoms with E-state index in [0.29, 0.717) is 0 Å². The third-order valence-electron chi connectivity index (χ3n) is 1.91. The van der Waals surface area contributed by atoms with Gasteiger partial charge in [0.15, 0.2) is 12.4 Å². The molecule has 1 aromatic carbocycles. The minimum absolute atomic E-state index is 0.0265. The average molecular weight is 240 g/mol. The third kappa shape index (κ3) is 3.44. The van der Waals surface area contributed by atoms with E-state index in [1.54, 1.807) is 0 Å². The predicted molar refractivity (Wildman–Crippen MR) is 57.2 cm³/mol. The summed E-state index contributed by atoms with van der Waals surface area (Å²) in [6, 6.07) is 3.57. The molecule has 0 amide bonds. The van der Waals surface area contributed by atoms with Crippen molar-refractivity contribution in [3.05, 3.63) is 29.0 Å². The van der Waals surface area contributed by atoms with Crippen LogP contribution >= 0.6 is 0 Å². The quantitative estimate of drug-likeness (QED) is 0.584. The Balaban J connectivity index is 3.04. The minimum atomic E-state index is -1.18. The maximum atomic E-state index is 11.3. The molecule has 0 bridgehead atoms. The van der Waals surface area contributed by atoms with Crippen molar-refractivity contribution >= 4 is 17.4 Å². The van der Waals surface area contributed by atoms with Crippen molar-refractivity contribution in [2.45, 2.75) is 6.92 Å². The molecule has 0 radical (unpaired) electrons. The Labute approximate surface area is 96.4 Å². The lowest BCUT2D eigenvalue weighted by Gasteiger charge is -2.22. The second kappa shape index (κ2) is 5.28. The number of Topliss-reactive ketones (excluding diaryl/α,β-unsaturated/α-hetero) is 1. The summed E-state index contributed by atoms with van der Waals surface area (Å²) in [6.45, 7) is 0.638. The molecular weight excluding hydrogens is 230 g/mol. The van der Waals surface area contributed by atoms with E-state index in [4.69, 9.17) is 15.1 Å². The van der Waals surface area contributed by atoms with Gasteiger partial charge in [-0.25, -0.2) is 4.79 Å². The molecule has 0 aliphatic carbocycles. The number of carboxylic acid groups (broad SMARTS) is 1. The summed E-state index contributed by atoms with van der Waals surface area (Å²) in [5.41, 5.74) is -0.114. The van der Waals surface area contributed by atoms with Gasteiger partial charge in [0.05, 0.1) is 11.3 Å². The Hall–Kier alpha value is -2.12. The van der Waals surface area contributed by atoms with Gasteiger partial charge < -0.3 is 20.3 Å². The van der Waals surface area contributed by atoms with Gasteiger partial charge in [0.25, 0.3) is 0 Å². The molecule has 0 saturated heterocycles. The maximum Gasteiger partial charge on any atom is 0.341 e. The summed E-state index contributed by atoms with van der Waals surface area (Å²) in [6.07, 6.45) is 0. The zero-order valence-corrected chi connectivity index (χ0v) is 8.91. The van der Waals surface area contributed by atoms with Crippen LogP contribution in [0, 0.1) is 5.21 Å². The first-order valence-electron chi connectivity index (χ1n) is 4.57. The standard InChI is InChI=1S/C10H10NO6/c1-6(12)8-4-7(11(15)16)2-3-9(8)17-5-10(13)14/h2-4,15H,5H2,1H3,(H,13,14)/q-1. The van der Waals surface area contributed by atoms with Crippen molar-refractivity contribution < 1.29 is 24.6 Å². The molecule has 0 aliphatic rings. The van der Waals surface area contributed by atoms with Gasteiger partial charge in [0.1, 0.15) is 5.75 Å². The van der Waals surface area contributed by atoms with Crippen LogP contribution in [0.1, 0.15) is 17.3 Å². The molecule has 0 heterocycles. The Morgan fingerprint density at radius 1 is 1.47 bits per heavy atom. The second-order valence-electron chi connectivity index (χ2n) is 3.19. The lowest BCUT2D eigenvalue weighted by Crippen LogP contribution is -2.13. The Kier molecular flexibility index (Phi) is 4.02. The fourth-order valence-electron chi connectivity index (χ4n) is 1.18. The highest BCUT2D eigenvalue weighted by molar-refractivity contribution is 5.97. The van der Waals surface area contributed by atoms with E-state index in [9.17, 15) is 14.8 Å². The highest BCUT2D eigenvalue weighted by Crippen LogP contribution is 2.24. The predicted octanol–water partition coefficient (Wildman–Crippen LogP) is 1.05. The first-order valence-corrected chi connectivity index (χ1v) is 4.57. The number of carboxylic acids is 1. The number of carbonyl (C=O) groups excluding carboxylic acids is 1. The maximum absolute atomic E-state index is 11.3. The number of ether oxygens (including phenoxy) is 1. The number of nitrogens with zero attached hydrogens (tertiary/aromatic N) is 1. The van der Waals surface area contributed by atoms with Crippen LogP contribution in [0.5, 0.6) is 5.75 Å². The number of aliphatic carboxylic acids is 1. The summed E-state index contributed by atoms with van der Waals surface area (Å²) in [5.74, 6) is -1.55. The van der Waals surface area contributed by atoms with Crippen LogP contribution in [-0.4, -0.2) is 28.7 Å². The zero-order valence-electron chi connectivity index (χ0n) is 8.91. The van der Waals surface area contributed by atoms with Crippen molar-refractivity contribution in [3.8, 4) is 5.75 Å². The van der Waals surface area contributed by atoms with E-state index in [1.165, 1.54) is 19.1 Å². The molecule has 0 fully saturated rings. The third-order valence-corrected chi connectivity index (χ3v) is 1.91. The summed E-state index contributed by atoms with van der Waals surface area (Å²) >= 11 is 0. The van der Waals surface area contributed by atoms with Gasteiger partial charge >= 0.3 is 5.97 Å². The summed E-state index contributed by atoms with van der Waals surface area (Å²) < 4.78 is 4.87. The molecular formula is C10H10NO6-. The van der Waals surface area contributed by atoms with E-state index in [2.05, 4.69) is 0 Å². The normalized spacial score (nSPS) is 9.82. The molecule has 0 saturated carbocycles. The molecule has 0 aliphatic heterocycles. The highest BCUT2D eigenvalue weighted by Gasteiger charge is 2.11. The van der Waals surface area contributed by atoms with Crippen LogP contribution in [0.25, 0.3) is 0 Å². The van der Waals surface area contributed by atoms with E-state index in [0.717, 1.165) is 6.07 Å². The number of rotatable bonds is 5. The van der Waals surface area contributed by atoms with Crippen LogP contribution in [0.15, 0.2) is 18.2 Å². The molecule has 0 unspecified atom stereocenters. The monoisotopic (exact) mass is 240 g/mol. The van der Waals surface area contributed by atoms with Gasteiger partial charge in [-0.3, -0.25) is 10.0 Å². The van der Waals surface area contributed by atoms with Gasteiger partial charge in [0.2, 0.25) is 0 Å².